The number of nitrogens with zero attached hydrogens (tertiary/aromatic N) is 1. The van der Waals surface area contributed by atoms with E-state index in [1.165, 1.54) is 6.20 Å². The van der Waals surface area contributed by atoms with Crippen molar-refractivity contribution in [3.8, 4) is 11.8 Å². The Bertz CT molecular complexity index is 624. The van der Waals surface area contributed by atoms with Gasteiger partial charge in [-0.3, -0.25) is 4.79 Å². The number of thiazole rings is 1. The van der Waals surface area contributed by atoms with Gasteiger partial charge in [0.1, 0.15) is 4.88 Å². The van der Waals surface area contributed by atoms with Crippen molar-refractivity contribution in [1.82, 2.24) is 10.3 Å². The monoisotopic (exact) mass is 328 g/mol. The van der Waals surface area contributed by atoms with Crippen LogP contribution < -0.4 is 5.32 Å². The van der Waals surface area contributed by atoms with Gasteiger partial charge in [0, 0.05) is 19.4 Å². The highest BCUT2D eigenvalue weighted by molar-refractivity contribution is 7.93. The molecule has 0 spiro atoms. The minimum absolute atomic E-state index is 0.00509. The Hall–Kier alpha value is -1.39. The summed E-state index contributed by atoms with van der Waals surface area (Å²) in [5.41, 5.74) is 0. The number of nitrogens with one attached hydrogen (secondary N) is 1. The maximum absolute atomic E-state index is 11.8. The summed E-state index contributed by atoms with van der Waals surface area (Å²) in [7, 11) is -3.34. The Morgan fingerprint density at radius 2 is 2.05 bits per heavy atom. The number of amides is 1. The molecule has 0 saturated carbocycles. The van der Waals surface area contributed by atoms with Crippen LogP contribution in [-0.4, -0.2) is 31.6 Å². The van der Waals surface area contributed by atoms with E-state index < -0.39 is 9.84 Å². The van der Waals surface area contributed by atoms with E-state index in [0.29, 0.717) is 17.8 Å². The lowest BCUT2D eigenvalue weighted by atomic mass is 10.2. The zero-order valence-corrected chi connectivity index (χ0v) is 13.9. The molecule has 21 heavy (non-hydrogen) atoms. The van der Waals surface area contributed by atoms with Gasteiger partial charge in [-0.1, -0.05) is 31.6 Å². The number of sulfone groups is 1. The van der Waals surface area contributed by atoms with Gasteiger partial charge in [-0.15, -0.1) is 11.8 Å². The van der Waals surface area contributed by atoms with E-state index in [0.717, 1.165) is 30.6 Å². The van der Waals surface area contributed by atoms with Crippen molar-refractivity contribution in [3.05, 3.63) is 11.1 Å². The highest BCUT2D eigenvalue weighted by atomic mass is 32.2. The van der Waals surface area contributed by atoms with E-state index >= 15 is 0 Å². The van der Waals surface area contributed by atoms with Crippen molar-refractivity contribution in [1.29, 1.82) is 0 Å². The predicted octanol–water partition coefficient (Wildman–Crippen LogP) is 2.25. The van der Waals surface area contributed by atoms with Crippen LogP contribution in [0.25, 0.3) is 0 Å². The highest BCUT2D eigenvalue weighted by Gasteiger charge is 2.18. The molecule has 7 heteroatoms. The van der Waals surface area contributed by atoms with E-state index in [1.807, 2.05) is 0 Å². The molecule has 1 amide bonds. The van der Waals surface area contributed by atoms with Crippen molar-refractivity contribution < 1.29 is 13.2 Å². The number of rotatable bonds is 7. The van der Waals surface area contributed by atoms with Crippen molar-refractivity contribution in [3.63, 3.8) is 0 Å². The zero-order chi connectivity index (χ0) is 15.7. The minimum atomic E-state index is -3.34. The minimum Gasteiger partial charge on any atom is -0.350 e. The van der Waals surface area contributed by atoms with Gasteiger partial charge in [-0.25, -0.2) is 13.4 Å². The third-order valence-corrected chi connectivity index (χ3v) is 5.87. The van der Waals surface area contributed by atoms with Crippen LogP contribution in [0.15, 0.2) is 10.5 Å². The molecule has 1 N–H and O–H groups in total. The van der Waals surface area contributed by atoms with Crippen molar-refractivity contribution in [2.45, 2.75) is 43.9 Å². The van der Waals surface area contributed by atoms with Gasteiger partial charge >= 0.3 is 0 Å². The smallest absolute Gasteiger partial charge is 0.263 e. The van der Waals surface area contributed by atoms with Crippen LogP contribution in [0.1, 0.15) is 49.2 Å². The Morgan fingerprint density at radius 1 is 1.33 bits per heavy atom. The lowest BCUT2D eigenvalue weighted by molar-refractivity contribution is 0.0958. The summed E-state index contributed by atoms with van der Waals surface area (Å²) in [5, 5.41) is 2.71. The molecule has 1 aromatic rings. The van der Waals surface area contributed by atoms with E-state index in [-0.39, 0.29) is 16.0 Å². The molecular formula is C14H20N2O3S2. The quantitative estimate of drug-likeness (QED) is 0.615. The summed E-state index contributed by atoms with van der Waals surface area (Å²) >= 11 is 0.900. The number of aromatic nitrogens is 1. The first kappa shape index (κ1) is 17.7. The molecule has 0 saturated heterocycles. The van der Waals surface area contributed by atoms with Crippen molar-refractivity contribution in [2.75, 3.05) is 12.3 Å². The van der Waals surface area contributed by atoms with E-state index in [4.69, 9.17) is 0 Å². The molecule has 0 aliphatic heterocycles. The molecule has 1 rings (SSSR count). The predicted molar refractivity (Wildman–Crippen MR) is 84.1 cm³/mol. The number of carbonyl (C=O) groups is 1. The fraction of sp³-hybridized carbons (Fsp3) is 0.571. The average molecular weight is 328 g/mol. The van der Waals surface area contributed by atoms with E-state index in [2.05, 4.69) is 29.1 Å². The van der Waals surface area contributed by atoms with Crippen molar-refractivity contribution >= 4 is 27.1 Å². The number of unbranched alkanes of at least 4 members (excludes halogenated alkanes) is 2. The van der Waals surface area contributed by atoms with Gasteiger partial charge < -0.3 is 5.32 Å². The summed E-state index contributed by atoms with van der Waals surface area (Å²) in [4.78, 5) is 15.9. The second kappa shape index (κ2) is 8.80. The molecule has 0 fully saturated rings. The first-order valence-corrected chi connectivity index (χ1v) is 9.40. The van der Waals surface area contributed by atoms with Gasteiger partial charge in [0.2, 0.25) is 14.2 Å². The first-order valence-electron chi connectivity index (χ1n) is 6.93. The summed E-state index contributed by atoms with van der Waals surface area (Å²) in [6, 6.07) is 0. The normalized spacial score (nSPS) is 10.8. The van der Waals surface area contributed by atoms with Gasteiger partial charge in [-0.2, -0.15) is 0 Å². The largest absolute Gasteiger partial charge is 0.350 e. The molecule has 0 aromatic carbocycles. The fourth-order valence-electron chi connectivity index (χ4n) is 1.40. The molecule has 0 unspecified atom stereocenters. The van der Waals surface area contributed by atoms with Gasteiger partial charge in [0.15, 0.2) is 0 Å². The molecule has 116 valence electrons. The Morgan fingerprint density at radius 3 is 2.71 bits per heavy atom. The van der Waals surface area contributed by atoms with Crippen LogP contribution >= 0.6 is 11.3 Å². The molecule has 1 aromatic heterocycles. The number of hydrogen-bond donors (Lipinski definition) is 1. The molecule has 0 atom stereocenters. The van der Waals surface area contributed by atoms with Crippen LogP contribution in [0.2, 0.25) is 0 Å². The topological polar surface area (TPSA) is 76.1 Å². The molecule has 1 heterocycles. The number of carbonyl (C=O) groups excluding carboxylic acids is 1. The third kappa shape index (κ3) is 5.86. The molecule has 0 aliphatic rings. The average Bonchev–Trinajstić information content (AvgIpc) is 2.97. The van der Waals surface area contributed by atoms with Gasteiger partial charge in [-0.05, 0) is 6.42 Å². The molecule has 0 bridgehead atoms. The Balaban J connectivity index is 2.44. The zero-order valence-electron chi connectivity index (χ0n) is 12.3. The van der Waals surface area contributed by atoms with Crippen LogP contribution in [0.5, 0.6) is 0 Å². The second-order valence-corrected chi connectivity index (χ2v) is 7.84. The summed E-state index contributed by atoms with van der Waals surface area (Å²) in [6.07, 6.45) is 5.00. The molecule has 0 radical (unpaired) electrons. The fourth-order valence-corrected chi connectivity index (χ4v) is 3.55. The highest BCUT2D eigenvalue weighted by Crippen LogP contribution is 2.19. The molecule has 0 aliphatic carbocycles. The maximum Gasteiger partial charge on any atom is 0.263 e. The van der Waals surface area contributed by atoms with Gasteiger partial charge in [0.25, 0.3) is 5.91 Å². The van der Waals surface area contributed by atoms with Crippen LogP contribution in [0, 0.1) is 11.8 Å². The Kier molecular flexibility index (Phi) is 7.40. The SMILES string of the molecule is CCCCC#CCCNC(=O)c1cnc(S(=O)(=O)CC)s1. The lowest BCUT2D eigenvalue weighted by Crippen LogP contribution is -2.23. The van der Waals surface area contributed by atoms with E-state index in [1.54, 1.807) is 6.92 Å². The van der Waals surface area contributed by atoms with E-state index in [9.17, 15) is 13.2 Å². The maximum atomic E-state index is 11.8. The second-order valence-electron chi connectivity index (χ2n) is 4.36. The lowest BCUT2D eigenvalue weighted by Gasteiger charge is -1.98. The third-order valence-electron chi connectivity index (χ3n) is 2.67. The number of hydrogen-bond acceptors (Lipinski definition) is 5. The van der Waals surface area contributed by atoms with Crippen LogP contribution in [0.4, 0.5) is 0 Å². The van der Waals surface area contributed by atoms with Crippen LogP contribution in [0.3, 0.4) is 0 Å². The van der Waals surface area contributed by atoms with Crippen LogP contribution in [-0.2, 0) is 9.84 Å². The standard InChI is InChI=1S/C14H20N2O3S2/c1-3-5-6-7-8-9-10-15-13(17)12-11-16-14(20-12)21(18,19)4-2/h11H,3-6,9-10H2,1-2H3,(H,15,17). The molecule has 5 nitrogen and oxygen atoms in total. The Labute approximate surface area is 130 Å². The summed E-state index contributed by atoms with van der Waals surface area (Å²) < 4.78 is 23.2. The molecular weight excluding hydrogens is 308 g/mol. The summed E-state index contributed by atoms with van der Waals surface area (Å²) in [6.45, 7) is 4.11. The summed E-state index contributed by atoms with van der Waals surface area (Å²) in [5.74, 6) is 5.71. The van der Waals surface area contributed by atoms with Crippen molar-refractivity contribution in [2.24, 2.45) is 0 Å². The first-order chi connectivity index (χ1) is 10.0. The van der Waals surface area contributed by atoms with Gasteiger partial charge in [0.05, 0.1) is 11.9 Å².